The number of anilines is 2. The quantitative estimate of drug-likeness (QED) is 0.886. The molecule has 4 nitrogen and oxygen atoms in total. The Balaban J connectivity index is 1.99. The Morgan fingerprint density at radius 2 is 1.70 bits per heavy atom. The lowest BCUT2D eigenvalue weighted by Gasteiger charge is -2.18. The summed E-state index contributed by atoms with van der Waals surface area (Å²) in [4.78, 5) is 14.2. The van der Waals surface area contributed by atoms with Crippen LogP contribution in [0.15, 0.2) is 42.5 Å². The normalized spacial score (nSPS) is 11.7. The molecule has 0 heterocycles. The van der Waals surface area contributed by atoms with E-state index in [4.69, 9.17) is 0 Å². The van der Waals surface area contributed by atoms with Crippen molar-refractivity contribution in [3.05, 3.63) is 59.2 Å². The number of amides is 2. The second-order valence-electron chi connectivity index (χ2n) is 6.13. The lowest BCUT2D eigenvalue weighted by atomic mass is 10.1. The molecule has 23 heavy (non-hydrogen) atoms. The van der Waals surface area contributed by atoms with Gasteiger partial charge in [0, 0.05) is 25.5 Å². The fraction of sp³-hybridized carbons (Fsp3) is 0.316. The van der Waals surface area contributed by atoms with Crippen LogP contribution in [-0.4, -0.2) is 20.1 Å². The molecule has 2 aromatic carbocycles. The summed E-state index contributed by atoms with van der Waals surface area (Å²) in [6.07, 6.45) is 0. The van der Waals surface area contributed by atoms with E-state index in [1.165, 1.54) is 5.56 Å². The third-order valence-electron chi connectivity index (χ3n) is 3.86. The fourth-order valence-electron chi connectivity index (χ4n) is 2.54. The number of carbonyl (C=O) groups excluding carboxylic acids is 1. The molecule has 1 unspecified atom stereocenters. The molecule has 0 spiro atoms. The molecule has 0 saturated carbocycles. The Bertz CT molecular complexity index is 678. The van der Waals surface area contributed by atoms with E-state index in [1.807, 2.05) is 65.2 Å². The summed E-state index contributed by atoms with van der Waals surface area (Å²) in [5.74, 6) is 0. The first-order chi connectivity index (χ1) is 10.9. The zero-order valence-corrected chi connectivity index (χ0v) is 14.5. The maximum Gasteiger partial charge on any atom is 0.319 e. The highest BCUT2D eigenvalue weighted by Gasteiger charge is 2.10. The Morgan fingerprint density at radius 1 is 1.04 bits per heavy atom. The van der Waals surface area contributed by atoms with Crippen LogP contribution in [0.4, 0.5) is 16.2 Å². The molecule has 0 aliphatic rings. The molecule has 2 amide bonds. The van der Waals surface area contributed by atoms with Crippen LogP contribution in [0.25, 0.3) is 0 Å². The molecule has 0 aliphatic heterocycles. The number of hydrogen-bond donors (Lipinski definition) is 2. The molecule has 122 valence electrons. The molecule has 2 aromatic rings. The van der Waals surface area contributed by atoms with Gasteiger partial charge in [-0.1, -0.05) is 29.8 Å². The Hall–Kier alpha value is -2.49. The molecule has 0 saturated heterocycles. The molecule has 2 rings (SSSR count). The smallest absolute Gasteiger partial charge is 0.319 e. The maximum atomic E-state index is 12.2. The molecule has 4 heteroatoms. The van der Waals surface area contributed by atoms with Crippen LogP contribution in [0.2, 0.25) is 0 Å². The molecule has 2 N–H and O–H groups in total. The number of carbonyl (C=O) groups is 1. The van der Waals surface area contributed by atoms with E-state index in [2.05, 4.69) is 27.7 Å². The van der Waals surface area contributed by atoms with E-state index in [9.17, 15) is 4.79 Å². The van der Waals surface area contributed by atoms with E-state index < -0.39 is 0 Å². The maximum absolute atomic E-state index is 12.2. The lowest BCUT2D eigenvalue weighted by molar-refractivity contribution is 0.249. The van der Waals surface area contributed by atoms with E-state index in [1.54, 1.807) is 0 Å². The van der Waals surface area contributed by atoms with Gasteiger partial charge >= 0.3 is 6.03 Å². The summed E-state index contributed by atoms with van der Waals surface area (Å²) < 4.78 is 0. The van der Waals surface area contributed by atoms with Crippen molar-refractivity contribution in [3.8, 4) is 0 Å². The molecular weight excluding hydrogens is 286 g/mol. The van der Waals surface area contributed by atoms with Gasteiger partial charge in [-0.15, -0.1) is 0 Å². The highest BCUT2D eigenvalue weighted by Crippen LogP contribution is 2.22. The SMILES string of the molecule is Cc1ccc(C(C)NC(=O)Nc2ccc(N(C)C)c(C)c2)cc1. The van der Waals surface area contributed by atoms with Crippen molar-refractivity contribution >= 4 is 17.4 Å². The number of urea groups is 1. The van der Waals surface area contributed by atoms with Crippen LogP contribution in [0, 0.1) is 13.8 Å². The molecular formula is C19H25N3O. The summed E-state index contributed by atoms with van der Waals surface area (Å²) in [6.45, 7) is 6.06. The Morgan fingerprint density at radius 3 is 2.26 bits per heavy atom. The van der Waals surface area contributed by atoms with E-state index in [0.29, 0.717) is 0 Å². The lowest BCUT2D eigenvalue weighted by Crippen LogP contribution is -2.31. The van der Waals surface area contributed by atoms with Crippen molar-refractivity contribution in [3.63, 3.8) is 0 Å². The largest absolute Gasteiger partial charge is 0.377 e. The van der Waals surface area contributed by atoms with Crippen molar-refractivity contribution in [2.24, 2.45) is 0 Å². The summed E-state index contributed by atoms with van der Waals surface area (Å²) in [6, 6.07) is 13.8. The van der Waals surface area contributed by atoms with Crippen LogP contribution in [0.5, 0.6) is 0 Å². The number of nitrogens with zero attached hydrogens (tertiary/aromatic N) is 1. The molecule has 0 bridgehead atoms. The summed E-state index contributed by atoms with van der Waals surface area (Å²) >= 11 is 0. The van der Waals surface area contributed by atoms with Crippen molar-refractivity contribution in [1.82, 2.24) is 5.32 Å². The van der Waals surface area contributed by atoms with Gasteiger partial charge in [-0.05, 0) is 50.1 Å². The van der Waals surface area contributed by atoms with Gasteiger partial charge in [0.05, 0.1) is 6.04 Å². The molecule has 0 aliphatic carbocycles. The van der Waals surface area contributed by atoms with Crippen LogP contribution in [-0.2, 0) is 0 Å². The highest BCUT2D eigenvalue weighted by atomic mass is 16.2. The van der Waals surface area contributed by atoms with Crippen molar-refractivity contribution in [2.75, 3.05) is 24.3 Å². The minimum atomic E-state index is -0.199. The predicted octanol–water partition coefficient (Wildman–Crippen LogP) is 4.25. The summed E-state index contributed by atoms with van der Waals surface area (Å²) in [5.41, 5.74) is 5.36. The molecule has 0 aromatic heterocycles. The van der Waals surface area contributed by atoms with Gasteiger partial charge in [-0.3, -0.25) is 0 Å². The first-order valence-corrected chi connectivity index (χ1v) is 7.79. The van der Waals surface area contributed by atoms with Crippen LogP contribution in [0.3, 0.4) is 0 Å². The minimum absolute atomic E-state index is 0.0438. The fourth-order valence-corrected chi connectivity index (χ4v) is 2.54. The van der Waals surface area contributed by atoms with Gasteiger partial charge in [-0.25, -0.2) is 4.79 Å². The topological polar surface area (TPSA) is 44.4 Å². The van der Waals surface area contributed by atoms with E-state index in [0.717, 1.165) is 22.5 Å². The van der Waals surface area contributed by atoms with E-state index in [-0.39, 0.29) is 12.1 Å². The van der Waals surface area contributed by atoms with Crippen LogP contribution < -0.4 is 15.5 Å². The summed E-state index contributed by atoms with van der Waals surface area (Å²) in [7, 11) is 4.01. The van der Waals surface area contributed by atoms with Gasteiger partial charge in [0.1, 0.15) is 0 Å². The van der Waals surface area contributed by atoms with Crippen LogP contribution >= 0.6 is 0 Å². The monoisotopic (exact) mass is 311 g/mol. The first kappa shape index (κ1) is 16.9. The Kier molecular flexibility index (Phi) is 5.27. The van der Waals surface area contributed by atoms with Crippen molar-refractivity contribution in [2.45, 2.75) is 26.8 Å². The average molecular weight is 311 g/mol. The molecule has 0 fully saturated rings. The van der Waals surface area contributed by atoms with Gasteiger partial charge in [0.15, 0.2) is 0 Å². The average Bonchev–Trinajstić information content (AvgIpc) is 2.47. The second-order valence-corrected chi connectivity index (χ2v) is 6.13. The first-order valence-electron chi connectivity index (χ1n) is 7.79. The number of aryl methyl sites for hydroxylation is 2. The van der Waals surface area contributed by atoms with Crippen molar-refractivity contribution < 1.29 is 4.79 Å². The standard InChI is InChI=1S/C19H25N3O/c1-13-6-8-16(9-7-13)15(3)20-19(23)21-17-10-11-18(22(4)5)14(2)12-17/h6-12,15H,1-5H3,(H2,20,21,23). The third-order valence-corrected chi connectivity index (χ3v) is 3.86. The van der Waals surface area contributed by atoms with Gasteiger partial charge in [-0.2, -0.15) is 0 Å². The zero-order chi connectivity index (χ0) is 17.0. The number of benzene rings is 2. The van der Waals surface area contributed by atoms with Gasteiger partial charge in [0.25, 0.3) is 0 Å². The second kappa shape index (κ2) is 7.18. The van der Waals surface area contributed by atoms with Gasteiger partial charge in [0.2, 0.25) is 0 Å². The summed E-state index contributed by atoms with van der Waals surface area (Å²) in [5, 5.41) is 5.85. The zero-order valence-electron chi connectivity index (χ0n) is 14.5. The number of hydrogen-bond acceptors (Lipinski definition) is 2. The number of rotatable bonds is 4. The molecule has 1 atom stereocenters. The predicted molar refractivity (Wildman–Crippen MR) is 97.3 cm³/mol. The Labute approximate surface area is 138 Å². The van der Waals surface area contributed by atoms with Gasteiger partial charge < -0.3 is 15.5 Å². The van der Waals surface area contributed by atoms with Crippen LogP contribution in [0.1, 0.15) is 29.7 Å². The number of nitrogens with one attached hydrogen (secondary N) is 2. The van der Waals surface area contributed by atoms with E-state index >= 15 is 0 Å². The minimum Gasteiger partial charge on any atom is -0.377 e. The van der Waals surface area contributed by atoms with Crippen molar-refractivity contribution in [1.29, 1.82) is 0 Å². The molecule has 0 radical (unpaired) electrons. The highest BCUT2D eigenvalue weighted by molar-refractivity contribution is 5.90. The third kappa shape index (κ3) is 4.49.